The molecule has 116 valence electrons. The van der Waals surface area contributed by atoms with E-state index in [0.29, 0.717) is 0 Å². The summed E-state index contributed by atoms with van der Waals surface area (Å²) in [4.78, 5) is 24.8. The van der Waals surface area contributed by atoms with Crippen molar-refractivity contribution in [3.8, 4) is 5.75 Å². The normalized spacial score (nSPS) is 11.1. The second kappa shape index (κ2) is 6.37. The summed E-state index contributed by atoms with van der Waals surface area (Å²) in [7, 11) is 0. The first-order chi connectivity index (χ1) is 9.65. The third-order valence-corrected chi connectivity index (χ3v) is 2.28. The van der Waals surface area contributed by atoms with E-state index >= 15 is 0 Å². The number of nitrogens with zero attached hydrogens (tertiary/aromatic N) is 2. The molecule has 0 aliphatic rings. The Morgan fingerprint density at radius 1 is 1.48 bits per heavy atom. The molecule has 10 heteroatoms. The van der Waals surface area contributed by atoms with Crippen LogP contribution in [0.4, 0.5) is 18.9 Å². The highest BCUT2D eigenvalue weighted by molar-refractivity contribution is 5.74. The van der Waals surface area contributed by atoms with Crippen LogP contribution in [0.3, 0.4) is 0 Å². The average Bonchev–Trinajstić information content (AvgIpc) is 2.30. The van der Waals surface area contributed by atoms with Crippen molar-refractivity contribution >= 4 is 11.7 Å². The number of aromatic nitrogens is 1. The van der Waals surface area contributed by atoms with Crippen molar-refractivity contribution in [3.63, 3.8) is 0 Å². The van der Waals surface area contributed by atoms with Crippen LogP contribution in [0, 0.1) is 17.0 Å². The minimum absolute atomic E-state index is 0.0161. The van der Waals surface area contributed by atoms with Crippen LogP contribution in [-0.2, 0) is 16.0 Å². The van der Waals surface area contributed by atoms with Crippen LogP contribution in [0.25, 0.3) is 0 Å². The minimum atomic E-state index is -5.15. The molecule has 0 saturated heterocycles. The molecule has 0 fully saturated rings. The average molecular weight is 308 g/mol. The Labute approximate surface area is 116 Å². The van der Waals surface area contributed by atoms with Gasteiger partial charge in [-0.1, -0.05) is 0 Å². The lowest BCUT2D eigenvalue weighted by atomic mass is 10.1. The molecule has 0 aliphatic heterocycles. The van der Waals surface area contributed by atoms with Gasteiger partial charge >= 0.3 is 18.0 Å². The Kier molecular flexibility index (Phi) is 5.06. The van der Waals surface area contributed by atoms with Gasteiger partial charge in [-0.15, -0.1) is 13.2 Å². The first kappa shape index (κ1) is 16.7. The molecule has 0 spiro atoms. The third kappa shape index (κ3) is 4.58. The maximum atomic E-state index is 12.4. The highest BCUT2D eigenvalue weighted by Gasteiger charge is 2.37. The number of hydrogen-bond donors (Lipinski definition) is 0. The quantitative estimate of drug-likeness (QED) is 0.471. The van der Waals surface area contributed by atoms with Crippen LogP contribution in [-0.4, -0.2) is 28.8 Å². The van der Waals surface area contributed by atoms with Crippen LogP contribution in [0.5, 0.6) is 5.75 Å². The summed E-state index contributed by atoms with van der Waals surface area (Å²) in [5.41, 5.74) is -1.52. The van der Waals surface area contributed by atoms with Crippen molar-refractivity contribution in [3.05, 3.63) is 27.6 Å². The Morgan fingerprint density at radius 3 is 2.57 bits per heavy atom. The van der Waals surface area contributed by atoms with Gasteiger partial charge in [-0.05, 0) is 13.8 Å². The molecule has 1 aromatic heterocycles. The number of rotatable bonds is 5. The van der Waals surface area contributed by atoms with Crippen molar-refractivity contribution in [2.75, 3.05) is 6.61 Å². The summed E-state index contributed by atoms with van der Waals surface area (Å²) < 4.78 is 45.4. The fraction of sp³-hybridized carbons (Fsp3) is 0.455. The van der Waals surface area contributed by atoms with Gasteiger partial charge in [-0.2, -0.15) is 0 Å². The van der Waals surface area contributed by atoms with Gasteiger partial charge in [-0.3, -0.25) is 19.9 Å². The monoisotopic (exact) mass is 308 g/mol. The second-order valence-electron chi connectivity index (χ2n) is 3.85. The molecule has 0 aromatic carbocycles. The van der Waals surface area contributed by atoms with Gasteiger partial charge in [0.2, 0.25) is 5.75 Å². The fourth-order valence-electron chi connectivity index (χ4n) is 1.53. The molecule has 7 nitrogen and oxygen atoms in total. The summed E-state index contributed by atoms with van der Waals surface area (Å²) in [5.74, 6) is -1.96. The highest BCUT2D eigenvalue weighted by atomic mass is 19.4. The molecule has 0 unspecified atom stereocenters. The van der Waals surface area contributed by atoms with Crippen molar-refractivity contribution < 1.29 is 32.4 Å². The lowest BCUT2D eigenvalue weighted by molar-refractivity contribution is -0.389. The number of halogens is 3. The predicted molar refractivity (Wildman–Crippen MR) is 62.6 cm³/mol. The number of carbonyl (C=O) groups excluding carboxylic acids is 1. The molecule has 1 rings (SSSR count). The molecule has 21 heavy (non-hydrogen) atoms. The van der Waals surface area contributed by atoms with Gasteiger partial charge in [-0.25, -0.2) is 0 Å². The first-order valence-electron chi connectivity index (χ1n) is 5.70. The minimum Gasteiger partial charge on any atom is -0.466 e. The number of nitro groups is 1. The molecule has 0 radical (unpaired) electrons. The number of esters is 1. The van der Waals surface area contributed by atoms with Crippen LogP contribution in [0.2, 0.25) is 0 Å². The zero-order chi connectivity index (χ0) is 16.2. The van der Waals surface area contributed by atoms with Gasteiger partial charge in [0, 0.05) is 11.8 Å². The van der Waals surface area contributed by atoms with Gasteiger partial charge in [0.05, 0.1) is 18.0 Å². The van der Waals surface area contributed by atoms with Gasteiger partial charge < -0.3 is 9.47 Å². The lowest BCUT2D eigenvalue weighted by Crippen LogP contribution is -2.21. The van der Waals surface area contributed by atoms with Crippen LogP contribution in [0.15, 0.2) is 6.20 Å². The van der Waals surface area contributed by atoms with Gasteiger partial charge in [0.25, 0.3) is 0 Å². The van der Waals surface area contributed by atoms with E-state index < -0.39 is 40.8 Å². The maximum absolute atomic E-state index is 12.4. The number of ether oxygens (including phenoxy) is 2. The Hall–Kier alpha value is -2.39. The molecular formula is C11H11F3N2O5. The van der Waals surface area contributed by atoms with Crippen LogP contribution >= 0.6 is 0 Å². The van der Waals surface area contributed by atoms with Crippen molar-refractivity contribution in [1.29, 1.82) is 0 Å². The standard InChI is InChI=1S/C11H11F3N2O5/c1-3-20-8(17)4-7-10(21-11(12,13)14)9(16(18)19)6(2)5-15-7/h5H,3-4H2,1-2H3. The van der Waals surface area contributed by atoms with E-state index in [2.05, 4.69) is 14.5 Å². The SMILES string of the molecule is CCOC(=O)Cc1ncc(C)c([N+](=O)[O-])c1OC(F)(F)F. The Balaban J connectivity index is 3.32. The van der Waals surface area contributed by atoms with Crippen molar-refractivity contribution in [2.24, 2.45) is 0 Å². The molecule has 0 N–H and O–H groups in total. The highest BCUT2D eigenvalue weighted by Crippen LogP contribution is 2.36. The van der Waals surface area contributed by atoms with E-state index in [-0.39, 0.29) is 12.2 Å². The second-order valence-corrected chi connectivity index (χ2v) is 3.85. The third-order valence-electron chi connectivity index (χ3n) is 2.28. The van der Waals surface area contributed by atoms with Crippen molar-refractivity contribution in [2.45, 2.75) is 26.6 Å². The fourth-order valence-corrected chi connectivity index (χ4v) is 1.53. The van der Waals surface area contributed by atoms with E-state index in [1.54, 1.807) is 0 Å². The maximum Gasteiger partial charge on any atom is 0.573 e. The molecule has 0 bridgehead atoms. The molecule has 0 saturated carbocycles. The van der Waals surface area contributed by atoms with Crippen LogP contribution in [0.1, 0.15) is 18.2 Å². The number of alkyl halides is 3. The molecule has 0 aliphatic carbocycles. The molecular weight excluding hydrogens is 297 g/mol. The van der Waals surface area contributed by atoms with E-state index in [9.17, 15) is 28.1 Å². The summed E-state index contributed by atoms with van der Waals surface area (Å²) in [6.07, 6.45) is -4.82. The van der Waals surface area contributed by atoms with Crippen molar-refractivity contribution in [1.82, 2.24) is 4.98 Å². The number of hydrogen-bond acceptors (Lipinski definition) is 6. The van der Waals surface area contributed by atoms with Gasteiger partial charge in [0.15, 0.2) is 0 Å². The van der Waals surface area contributed by atoms with Crippen LogP contribution < -0.4 is 4.74 Å². The zero-order valence-corrected chi connectivity index (χ0v) is 11.1. The topological polar surface area (TPSA) is 91.6 Å². The smallest absolute Gasteiger partial charge is 0.466 e. The van der Waals surface area contributed by atoms with E-state index in [1.807, 2.05) is 0 Å². The number of carbonyl (C=O) groups is 1. The summed E-state index contributed by atoms with van der Waals surface area (Å²) >= 11 is 0. The molecule has 0 amide bonds. The van der Waals surface area contributed by atoms with E-state index in [0.717, 1.165) is 6.20 Å². The van der Waals surface area contributed by atoms with E-state index in [4.69, 9.17) is 0 Å². The summed E-state index contributed by atoms with van der Waals surface area (Å²) in [6, 6.07) is 0. The Morgan fingerprint density at radius 2 is 2.10 bits per heavy atom. The molecule has 1 aromatic rings. The Bertz CT molecular complexity index is 560. The summed E-state index contributed by atoms with van der Waals surface area (Å²) in [5, 5.41) is 10.9. The molecule has 0 atom stereocenters. The predicted octanol–water partition coefficient (Wildman–Crippen LogP) is 2.30. The van der Waals surface area contributed by atoms with E-state index in [1.165, 1.54) is 13.8 Å². The summed E-state index contributed by atoms with van der Waals surface area (Å²) in [6.45, 7) is 2.74. The zero-order valence-electron chi connectivity index (χ0n) is 11.1. The first-order valence-corrected chi connectivity index (χ1v) is 5.70. The molecule has 1 heterocycles. The lowest BCUT2D eigenvalue weighted by Gasteiger charge is -2.13. The van der Waals surface area contributed by atoms with Gasteiger partial charge in [0.1, 0.15) is 5.69 Å². The number of pyridine rings is 1. The number of aryl methyl sites for hydroxylation is 1. The largest absolute Gasteiger partial charge is 0.573 e.